The SMILES string of the molecule is COc1c(C(C)(C)C2=CC=C(C)C2)cc(C)cc1[Si](C)(C)C. The maximum Gasteiger partial charge on any atom is 0.122 e. The van der Waals surface area contributed by atoms with Gasteiger partial charge < -0.3 is 4.74 Å². The zero-order valence-corrected chi connectivity index (χ0v) is 16.4. The van der Waals surface area contributed by atoms with E-state index >= 15 is 0 Å². The first kappa shape index (κ1) is 17.1. The third-order valence-electron chi connectivity index (χ3n) is 4.76. The number of hydrogen-bond donors (Lipinski definition) is 0. The van der Waals surface area contributed by atoms with E-state index in [4.69, 9.17) is 4.74 Å². The minimum absolute atomic E-state index is 0.0000231. The van der Waals surface area contributed by atoms with Gasteiger partial charge >= 0.3 is 0 Å². The van der Waals surface area contributed by atoms with E-state index in [-0.39, 0.29) is 5.41 Å². The van der Waals surface area contributed by atoms with Crippen LogP contribution in [-0.2, 0) is 5.41 Å². The summed E-state index contributed by atoms with van der Waals surface area (Å²) in [6.07, 6.45) is 5.62. The molecule has 2 rings (SSSR count). The molecule has 1 nitrogen and oxygen atoms in total. The van der Waals surface area contributed by atoms with Gasteiger partial charge in [-0.3, -0.25) is 0 Å². The molecule has 0 saturated carbocycles. The largest absolute Gasteiger partial charge is 0.497 e. The Balaban J connectivity index is 2.62. The second kappa shape index (κ2) is 5.73. The fraction of sp³-hybridized carbons (Fsp3) is 0.500. The molecule has 0 amide bonds. The summed E-state index contributed by atoms with van der Waals surface area (Å²) in [6, 6.07) is 4.65. The van der Waals surface area contributed by atoms with Crippen molar-refractivity contribution in [2.45, 2.75) is 59.2 Å². The number of methoxy groups -OCH3 is 1. The Hall–Kier alpha value is -1.28. The van der Waals surface area contributed by atoms with E-state index in [0.717, 1.165) is 12.2 Å². The van der Waals surface area contributed by atoms with Gasteiger partial charge in [0.2, 0.25) is 0 Å². The Kier molecular flexibility index (Phi) is 4.45. The van der Waals surface area contributed by atoms with Gasteiger partial charge in [0, 0.05) is 11.0 Å². The number of benzene rings is 1. The lowest BCUT2D eigenvalue weighted by molar-refractivity contribution is 0.402. The predicted molar refractivity (Wildman–Crippen MR) is 100 cm³/mol. The Morgan fingerprint density at radius 3 is 2.14 bits per heavy atom. The second-order valence-electron chi connectivity index (χ2n) is 8.15. The van der Waals surface area contributed by atoms with E-state index in [2.05, 4.69) is 71.6 Å². The lowest BCUT2D eigenvalue weighted by Gasteiger charge is -2.33. The van der Waals surface area contributed by atoms with Crippen molar-refractivity contribution in [3.8, 4) is 5.75 Å². The van der Waals surface area contributed by atoms with Crippen LogP contribution >= 0.6 is 0 Å². The molecule has 0 heterocycles. The molecule has 0 saturated heterocycles. The van der Waals surface area contributed by atoms with Crippen molar-refractivity contribution in [1.29, 1.82) is 0 Å². The molecule has 0 unspecified atom stereocenters. The Morgan fingerprint density at radius 2 is 1.68 bits per heavy atom. The predicted octanol–water partition coefficient (Wildman–Crippen LogP) is 5.10. The highest BCUT2D eigenvalue weighted by Gasteiger charge is 2.33. The molecule has 1 aromatic carbocycles. The standard InChI is InChI=1S/C20H30OSi/c1-14-9-10-16(11-14)20(3,4)17-12-15(2)13-18(19(17)21-5)22(6,7)8/h9-10,12-13H,11H2,1-8H3. The topological polar surface area (TPSA) is 9.23 Å². The van der Waals surface area contributed by atoms with Crippen molar-refractivity contribution in [3.05, 3.63) is 46.6 Å². The summed E-state index contributed by atoms with van der Waals surface area (Å²) in [5.74, 6) is 1.11. The van der Waals surface area contributed by atoms with E-state index < -0.39 is 8.07 Å². The van der Waals surface area contributed by atoms with Crippen molar-refractivity contribution >= 4 is 13.3 Å². The molecule has 0 atom stereocenters. The average molecular weight is 315 g/mol. The molecule has 1 aliphatic carbocycles. The number of hydrogen-bond acceptors (Lipinski definition) is 1. The van der Waals surface area contributed by atoms with Crippen LogP contribution in [0, 0.1) is 6.92 Å². The number of allylic oxidation sites excluding steroid dienone is 4. The van der Waals surface area contributed by atoms with E-state index in [1.807, 2.05) is 7.11 Å². The van der Waals surface area contributed by atoms with E-state index in [9.17, 15) is 0 Å². The zero-order valence-electron chi connectivity index (χ0n) is 15.4. The van der Waals surface area contributed by atoms with Crippen molar-refractivity contribution in [3.63, 3.8) is 0 Å². The fourth-order valence-corrected chi connectivity index (χ4v) is 4.86. The second-order valence-corrected chi connectivity index (χ2v) is 13.2. The number of ether oxygens (including phenoxy) is 1. The molecule has 0 aromatic heterocycles. The van der Waals surface area contributed by atoms with Crippen LogP contribution in [0.4, 0.5) is 0 Å². The number of aryl methyl sites for hydroxylation is 1. The smallest absolute Gasteiger partial charge is 0.122 e. The molecule has 0 bridgehead atoms. The summed E-state index contributed by atoms with van der Waals surface area (Å²) in [5, 5.41) is 1.43. The highest BCUT2D eigenvalue weighted by molar-refractivity contribution is 6.89. The third-order valence-corrected chi connectivity index (χ3v) is 6.75. The summed E-state index contributed by atoms with van der Waals surface area (Å²) in [7, 11) is 0.369. The molecule has 0 spiro atoms. The molecule has 1 aliphatic rings. The molecular weight excluding hydrogens is 284 g/mol. The zero-order chi connectivity index (χ0) is 16.7. The number of rotatable bonds is 4. The lowest BCUT2D eigenvalue weighted by atomic mass is 9.75. The van der Waals surface area contributed by atoms with Crippen molar-refractivity contribution < 1.29 is 4.74 Å². The molecular formula is C20H30OSi. The Bertz CT molecular complexity index is 642. The molecule has 0 aliphatic heterocycles. The van der Waals surface area contributed by atoms with Gasteiger partial charge in [0.25, 0.3) is 0 Å². The first-order chi connectivity index (χ1) is 10.1. The van der Waals surface area contributed by atoms with Crippen LogP contribution in [0.25, 0.3) is 0 Å². The molecule has 1 aromatic rings. The van der Waals surface area contributed by atoms with E-state index in [0.29, 0.717) is 0 Å². The van der Waals surface area contributed by atoms with Gasteiger partial charge in [-0.25, -0.2) is 0 Å². The van der Waals surface area contributed by atoms with Gasteiger partial charge in [0.15, 0.2) is 0 Å². The van der Waals surface area contributed by atoms with Crippen LogP contribution in [0.1, 0.15) is 38.3 Å². The fourth-order valence-electron chi connectivity index (χ4n) is 3.28. The normalized spacial score (nSPS) is 15.6. The molecule has 0 fully saturated rings. The van der Waals surface area contributed by atoms with Crippen LogP contribution < -0.4 is 9.92 Å². The molecule has 120 valence electrons. The minimum Gasteiger partial charge on any atom is -0.497 e. The quantitative estimate of drug-likeness (QED) is 0.702. The van der Waals surface area contributed by atoms with Crippen molar-refractivity contribution in [2.24, 2.45) is 0 Å². The van der Waals surface area contributed by atoms with Gasteiger partial charge in [-0.05, 0) is 25.5 Å². The lowest BCUT2D eigenvalue weighted by Crippen LogP contribution is -2.40. The van der Waals surface area contributed by atoms with Gasteiger partial charge in [0.1, 0.15) is 5.75 Å². The van der Waals surface area contributed by atoms with E-state index in [1.165, 1.54) is 27.5 Å². The van der Waals surface area contributed by atoms with Crippen molar-refractivity contribution in [1.82, 2.24) is 0 Å². The summed E-state index contributed by atoms with van der Waals surface area (Å²) in [5.41, 5.74) is 5.60. The first-order valence-corrected chi connectivity index (χ1v) is 11.6. The minimum atomic E-state index is -1.45. The van der Waals surface area contributed by atoms with Gasteiger partial charge in [-0.15, -0.1) is 0 Å². The van der Waals surface area contributed by atoms with Crippen LogP contribution in [-0.4, -0.2) is 15.2 Å². The Labute approximate surface area is 137 Å². The van der Waals surface area contributed by atoms with Crippen LogP contribution in [0.3, 0.4) is 0 Å². The van der Waals surface area contributed by atoms with Gasteiger partial charge in [-0.2, -0.15) is 0 Å². The molecule has 2 heteroatoms. The van der Waals surface area contributed by atoms with Crippen LogP contribution in [0.2, 0.25) is 19.6 Å². The highest BCUT2D eigenvalue weighted by atomic mass is 28.3. The monoisotopic (exact) mass is 314 g/mol. The molecule has 0 N–H and O–H groups in total. The summed E-state index contributed by atoms with van der Waals surface area (Å²) in [6.45, 7) is 16.2. The Morgan fingerprint density at radius 1 is 1.05 bits per heavy atom. The summed E-state index contributed by atoms with van der Waals surface area (Å²) < 4.78 is 5.92. The average Bonchev–Trinajstić information content (AvgIpc) is 2.84. The molecule has 0 radical (unpaired) electrons. The molecule has 22 heavy (non-hydrogen) atoms. The third kappa shape index (κ3) is 3.07. The maximum atomic E-state index is 5.92. The highest BCUT2D eigenvalue weighted by Crippen LogP contribution is 2.42. The summed E-state index contributed by atoms with van der Waals surface area (Å²) >= 11 is 0. The van der Waals surface area contributed by atoms with Gasteiger partial charge in [0.05, 0.1) is 15.2 Å². The van der Waals surface area contributed by atoms with E-state index in [1.54, 1.807) is 0 Å². The summed E-state index contributed by atoms with van der Waals surface area (Å²) in [4.78, 5) is 0. The van der Waals surface area contributed by atoms with Crippen molar-refractivity contribution in [2.75, 3.05) is 7.11 Å². The first-order valence-electron chi connectivity index (χ1n) is 8.13. The van der Waals surface area contributed by atoms with Gasteiger partial charge in [-0.1, -0.05) is 74.5 Å². The van der Waals surface area contributed by atoms with Crippen LogP contribution in [0.5, 0.6) is 5.75 Å². The van der Waals surface area contributed by atoms with Crippen LogP contribution in [0.15, 0.2) is 35.4 Å². The maximum absolute atomic E-state index is 5.92.